The summed E-state index contributed by atoms with van der Waals surface area (Å²) in [7, 11) is 0. The molecule has 0 atom stereocenters. The van der Waals surface area contributed by atoms with Gasteiger partial charge in [-0.15, -0.1) is 10.2 Å². The molecular formula is C16H13N5O. The zero-order valence-corrected chi connectivity index (χ0v) is 11.8. The molecule has 22 heavy (non-hydrogen) atoms. The first-order chi connectivity index (χ1) is 10.7. The second kappa shape index (κ2) is 4.70. The molecule has 0 unspecified atom stereocenters. The monoisotopic (exact) mass is 291 g/mol. The van der Waals surface area contributed by atoms with Crippen LogP contribution in [0.15, 0.2) is 42.7 Å². The lowest BCUT2D eigenvalue weighted by atomic mass is 10.1. The molecule has 1 aromatic carbocycles. The Kier molecular flexibility index (Phi) is 2.69. The van der Waals surface area contributed by atoms with Crippen LogP contribution in [0, 0.1) is 6.92 Å². The molecule has 0 spiro atoms. The fraction of sp³-hybridized carbons (Fsp3) is 0.0625. The van der Waals surface area contributed by atoms with Crippen LogP contribution in [0.5, 0.6) is 5.75 Å². The predicted molar refractivity (Wildman–Crippen MR) is 83.3 cm³/mol. The van der Waals surface area contributed by atoms with Crippen LogP contribution >= 0.6 is 0 Å². The zero-order valence-electron chi connectivity index (χ0n) is 11.8. The molecule has 0 fully saturated rings. The molecule has 6 heteroatoms. The van der Waals surface area contributed by atoms with E-state index in [1.54, 1.807) is 18.3 Å². The first-order valence-electron chi connectivity index (χ1n) is 6.87. The van der Waals surface area contributed by atoms with E-state index in [0.717, 1.165) is 22.2 Å². The highest BCUT2D eigenvalue weighted by atomic mass is 16.3. The molecule has 0 saturated heterocycles. The van der Waals surface area contributed by atoms with Gasteiger partial charge in [0.15, 0.2) is 5.65 Å². The summed E-state index contributed by atoms with van der Waals surface area (Å²) in [6, 6.07) is 9.02. The molecule has 0 amide bonds. The standard InChI is InChI=1S/C16H13N5O/c1-9-12(8-18-19-9)13-7-17-16-11(13)6-14(20-21-16)10-4-2-3-5-15(10)22/h2-8,22H,1H3,(H,17,21)(H,18,19). The third kappa shape index (κ3) is 1.85. The molecule has 0 aliphatic heterocycles. The number of hydrogen-bond acceptors (Lipinski definition) is 4. The highest BCUT2D eigenvalue weighted by Crippen LogP contribution is 2.33. The van der Waals surface area contributed by atoms with Crippen LogP contribution in [0.3, 0.4) is 0 Å². The summed E-state index contributed by atoms with van der Waals surface area (Å²) in [5, 5.41) is 26.3. The van der Waals surface area contributed by atoms with E-state index < -0.39 is 0 Å². The molecule has 0 radical (unpaired) electrons. The number of nitrogens with one attached hydrogen (secondary N) is 2. The fourth-order valence-corrected chi connectivity index (χ4v) is 2.59. The predicted octanol–water partition coefficient (Wildman–Crippen LogP) is 3.03. The Morgan fingerprint density at radius 1 is 1.05 bits per heavy atom. The molecule has 3 aromatic heterocycles. The van der Waals surface area contributed by atoms with Crippen LogP contribution in [0.4, 0.5) is 0 Å². The number of fused-ring (bicyclic) bond motifs is 1. The number of benzene rings is 1. The number of para-hydroxylation sites is 1. The molecule has 0 saturated carbocycles. The van der Waals surface area contributed by atoms with Gasteiger partial charge < -0.3 is 10.1 Å². The molecule has 3 N–H and O–H groups in total. The first kappa shape index (κ1) is 12.6. The van der Waals surface area contributed by atoms with Gasteiger partial charge in [0.05, 0.1) is 11.9 Å². The van der Waals surface area contributed by atoms with Crippen molar-refractivity contribution in [2.45, 2.75) is 6.92 Å². The molecule has 4 aromatic rings. The van der Waals surface area contributed by atoms with Gasteiger partial charge >= 0.3 is 0 Å². The number of phenols is 1. The molecule has 0 aliphatic rings. The summed E-state index contributed by atoms with van der Waals surface area (Å²) in [5.41, 5.74) is 5.01. The number of H-pyrrole nitrogens is 2. The Hall–Kier alpha value is -3.15. The minimum atomic E-state index is 0.188. The van der Waals surface area contributed by atoms with Gasteiger partial charge in [0.2, 0.25) is 0 Å². The van der Waals surface area contributed by atoms with Crippen molar-refractivity contribution in [3.8, 4) is 28.1 Å². The third-order valence-corrected chi connectivity index (χ3v) is 3.74. The van der Waals surface area contributed by atoms with Crippen LogP contribution in [-0.4, -0.2) is 30.5 Å². The maximum atomic E-state index is 9.99. The highest BCUT2D eigenvalue weighted by molar-refractivity contribution is 5.95. The van der Waals surface area contributed by atoms with E-state index in [2.05, 4.69) is 25.4 Å². The minimum Gasteiger partial charge on any atom is -0.507 e. The number of rotatable bonds is 2. The van der Waals surface area contributed by atoms with Crippen LogP contribution < -0.4 is 0 Å². The second-order valence-corrected chi connectivity index (χ2v) is 5.12. The van der Waals surface area contributed by atoms with E-state index in [0.29, 0.717) is 16.9 Å². The van der Waals surface area contributed by atoms with E-state index in [-0.39, 0.29) is 5.75 Å². The second-order valence-electron chi connectivity index (χ2n) is 5.12. The quantitative estimate of drug-likeness (QED) is 0.529. The number of aromatic nitrogens is 5. The SMILES string of the molecule is Cc1[nH]ncc1-c1c[nH]c2nnc(-c3ccccc3O)cc12. The smallest absolute Gasteiger partial charge is 0.160 e. The van der Waals surface area contributed by atoms with Crippen molar-refractivity contribution >= 4 is 11.0 Å². The zero-order chi connectivity index (χ0) is 15.1. The molecular weight excluding hydrogens is 278 g/mol. The molecule has 0 aliphatic carbocycles. The summed E-state index contributed by atoms with van der Waals surface area (Å²) < 4.78 is 0. The number of aromatic amines is 2. The number of hydrogen-bond donors (Lipinski definition) is 3. The van der Waals surface area contributed by atoms with Crippen LogP contribution in [-0.2, 0) is 0 Å². The van der Waals surface area contributed by atoms with Gasteiger partial charge in [-0.1, -0.05) is 12.1 Å². The van der Waals surface area contributed by atoms with E-state index in [9.17, 15) is 5.11 Å². The van der Waals surface area contributed by atoms with Crippen molar-refractivity contribution in [2.24, 2.45) is 0 Å². The minimum absolute atomic E-state index is 0.188. The summed E-state index contributed by atoms with van der Waals surface area (Å²) in [6.07, 6.45) is 3.68. The average molecular weight is 291 g/mol. The van der Waals surface area contributed by atoms with Gasteiger partial charge in [-0.25, -0.2) is 0 Å². The summed E-state index contributed by atoms with van der Waals surface area (Å²) in [4.78, 5) is 3.12. The Morgan fingerprint density at radius 3 is 2.68 bits per heavy atom. The number of nitrogens with zero attached hydrogens (tertiary/aromatic N) is 3. The van der Waals surface area contributed by atoms with Gasteiger partial charge in [-0.2, -0.15) is 5.10 Å². The molecule has 0 bridgehead atoms. The Bertz CT molecular complexity index is 970. The van der Waals surface area contributed by atoms with Gasteiger partial charge in [-0.05, 0) is 25.1 Å². The Balaban J connectivity index is 1.94. The lowest BCUT2D eigenvalue weighted by Crippen LogP contribution is -1.89. The first-order valence-corrected chi connectivity index (χ1v) is 6.87. The molecule has 4 rings (SSSR count). The fourth-order valence-electron chi connectivity index (χ4n) is 2.59. The van der Waals surface area contributed by atoms with Gasteiger partial charge in [-0.3, -0.25) is 5.10 Å². The lowest BCUT2D eigenvalue weighted by molar-refractivity contribution is 0.477. The number of aromatic hydroxyl groups is 1. The maximum absolute atomic E-state index is 9.99. The molecule has 108 valence electrons. The van der Waals surface area contributed by atoms with Crippen molar-refractivity contribution in [1.82, 2.24) is 25.4 Å². The topological polar surface area (TPSA) is 90.5 Å². The van der Waals surface area contributed by atoms with Crippen LogP contribution in [0.1, 0.15) is 5.69 Å². The van der Waals surface area contributed by atoms with Gasteiger partial charge in [0.1, 0.15) is 5.75 Å². The summed E-state index contributed by atoms with van der Waals surface area (Å²) in [5.74, 6) is 0.188. The van der Waals surface area contributed by atoms with Crippen molar-refractivity contribution in [2.75, 3.05) is 0 Å². The van der Waals surface area contributed by atoms with E-state index in [1.807, 2.05) is 31.3 Å². The summed E-state index contributed by atoms with van der Waals surface area (Å²) >= 11 is 0. The van der Waals surface area contributed by atoms with Crippen molar-refractivity contribution < 1.29 is 5.11 Å². The van der Waals surface area contributed by atoms with E-state index in [1.165, 1.54) is 0 Å². The summed E-state index contributed by atoms with van der Waals surface area (Å²) in [6.45, 7) is 1.97. The number of aryl methyl sites for hydroxylation is 1. The highest BCUT2D eigenvalue weighted by Gasteiger charge is 2.13. The Labute approximate surface area is 125 Å². The molecule has 6 nitrogen and oxygen atoms in total. The lowest BCUT2D eigenvalue weighted by Gasteiger charge is -2.03. The van der Waals surface area contributed by atoms with Crippen molar-refractivity contribution in [1.29, 1.82) is 0 Å². The van der Waals surface area contributed by atoms with Crippen molar-refractivity contribution in [3.63, 3.8) is 0 Å². The normalized spacial score (nSPS) is 11.1. The van der Waals surface area contributed by atoms with Crippen molar-refractivity contribution in [3.05, 3.63) is 48.4 Å². The van der Waals surface area contributed by atoms with Gasteiger partial charge in [0.25, 0.3) is 0 Å². The molecule has 3 heterocycles. The van der Waals surface area contributed by atoms with Crippen LogP contribution in [0.25, 0.3) is 33.4 Å². The maximum Gasteiger partial charge on any atom is 0.160 e. The Morgan fingerprint density at radius 2 is 1.91 bits per heavy atom. The van der Waals surface area contributed by atoms with Gasteiger partial charge in [0, 0.05) is 34.0 Å². The van der Waals surface area contributed by atoms with E-state index >= 15 is 0 Å². The number of phenolic OH excluding ortho intramolecular Hbond substituents is 1. The average Bonchev–Trinajstić information content (AvgIpc) is 3.13. The van der Waals surface area contributed by atoms with Crippen LogP contribution in [0.2, 0.25) is 0 Å². The third-order valence-electron chi connectivity index (χ3n) is 3.74. The largest absolute Gasteiger partial charge is 0.507 e. The van der Waals surface area contributed by atoms with E-state index in [4.69, 9.17) is 0 Å².